The highest BCUT2D eigenvalue weighted by atomic mass is 16.2. The summed E-state index contributed by atoms with van der Waals surface area (Å²) >= 11 is 0. The van der Waals surface area contributed by atoms with Crippen LogP contribution in [0.5, 0.6) is 0 Å². The standard InChI is InChI=1S/C20H21N7O/c1-13-5-7-26(19(28)15-3-4-18-21-6-8-25(18)10-15)11-16(13)17-9-14(2)24-20-22-12-23-27(17)20/h3-4,6,8-10,12-13,16H,5,7,11H2,1-2H3/t13-,16-/m0/s1. The van der Waals surface area contributed by atoms with E-state index in [1.807, 2.05) is 40.8 Å². The number of imidazole rings is 1. The highest BCUT2D eigenvalue weighted by molar-refractivity contribution is 5.94. The zero-order chi connectivity index (χ0) is 19.3. The first-order chi connectivity index (χ1) is 13.6. The number of aromatic nitrogens is 6. The molecule has 28 heavy (non-hydrogen) atoms. The number of hydrogen-bond acceptors (Lipinski definition) is 5. The molecule has 5 rings (SSSR count). The van der Waals surface area contributed by atoms with Gasteiger partial charge in [-0.1, -0.05) is 6.92 Å². The lowest BCUT2D eigenvalue weighted by Gasteiger charge is -2.37. The molecule has 0 aliphatic carbocycles. The molecule has 1 saturated heterocycles. The summed E-state index contributed by atoms with van der Waals surface area (Å²) in [4.78, 5) is 28.0. The van der Waals surface area contributed by atoms with E-state index in [0.717, 1.165) is 30.0 Å². The third-order valence-electron chi connectivity index (χ3n) is 5.67. The molecule has 1 aliphatic heterocycles. The predicted molar refractivity (Wildman–Crippen MR) is 103 cm³/mol. The summed E-state index contributed by atoms with van der Waals surface area (Å²) in [6.45, 7) is 5.61. The number of aryl methyl sites for hydroxylation is 1. The Morgan fingerprint density at radius 1 is 1.25 bits per heavy atom. The van der Waals surface area contributed by atoms with Crippen molar-refractivity contribution in [2.75, 3.05) is 13.1 Å². The molecule has 1 fully saturated rings. The minimum absolute atomic E-state index is 0.0492. The van der Waals surface area contributed by atoms with Crippen LogP contribution in [-0.2, 0) is 0 Å². The van der Waals surface area contributed by atoms with E-state index >= 15 is 0 Å². The number of fused-ring (bicyclic) bond motifs is 2. The Hall–Kier alpha value is -3.29. The van der Waals surface area contributed by atoms with Crippen molar-refractivity contribution in [1.82, 2.24) is 33.9 Å². The number of hydrogen-bond donors (Lipinski definition) is 0. The molecule has 0 bridgehead atoms. The summed E-state index contributed by atoms with van der Waals surface area (Å²) in [6, 6.07) is 5.79. The number of amides is 1. The van der Waals surface area contributed by atoms with Crippen LogP contribution in [0, 0.1) is 12.8 Å². The van der Waals surface area contributed by atoms with Crippen molar-refractivity contribution in [3.05, 3.63) is 60.1 Å². The lowest BCUT2D eigenvalue weighted by atomic mass is 9.84. The number of carbonyl (C=O) groups excluding carboxylic acids is 1. The molecule has 2 atom stereocenters. The van der Waals surface area contributed by atoms with Crippen molar-refractivity contribution in [2.45, 2.75) is 26.2 Å². The van der Waals surface area contributed by atoms with Gasteiger partial charge in [-0.2, -0.15) is 10.1 Å². The SMILES string of the molecule is Cc1cc([C@H]2CN(C(=O)c3ccc4nccn4c3)CC[C@@H]2C)n2ncnc2n1. The summed E-state index contributed by atoms with van der Waals surface area (Å²) < 4.78 is 3.68. The molecule has 5 heterocycles. The van der Waals surface area contributed by atoms with E-state index in [4.69, 9.17) is 0 Å². The normalized spacial score (nSPS) is 20.1. The number of rotatable bonds is 2. The van der Waals surface area contributed by atoms with Crippen LogP contribution in [-0.4, -0.2) is 52.9 Å². The Labute approximate surface area is 161 Å². The average molecular weight is 375 g/mol. The fourth-order valence-corrected chi connectivity index (χ4v) is 4.09. The first-order valence-electron chi connectivity index (χ1n) is 9.49. The number of nitrogens with zero attached hydrogens (tertiary/aromatic N) is 7. The van der Waals surface area contributed by atoms with Gasteiger partial charge in [-0.15, -0.1) is 0 Å². The molecule has 1 aliphatic rings. The van der Waals surface area contributed by atoms with Gasteiger partial charge in [-0.05, 0) is 37.5 Å². The minimum Gasteiger partial charge on any atom is -0.338 e. The van der Waals surface area contributed by atoms with Gasteiger partial charge in [0.05, 0.1) is 11.3 Å². The zero-order valence-electron chi connectivity index (χ0n) is 15.9. The van der Waals surface area contributed by atoms with E-state index in [2.05, 4.69) is 33.0 Å². The third kappa shape index (κ3) is 2.72. The van der Waals surface area contributed by atoms with Gasteiger partial charge >= 0.3 is 0 Å². The van der Waals surface area contributed by atoms with Crippen molar-refractivity contribution < 1.29 is 4.79 Å². The molecular weight excluding hydrogens is 354 g/mol. The highest BCUT2D eigenvalue weighted by Gasteiger charge is 2.32. The molecule has 0 N–H and O–H groups in total. The zero-order valence-corrected chi connectivity index (χ0v) is 15.9. The maximum absolute atomic E-state index is 13.2. The van der Waals surface area contributed by atoms with Crippen LogP contribution in [0.25, 0.3) is 11.4 Å². The van der Waals surface area contributed by atoms with Gasteiger partial charge in [0.25, 0.3) is 11.7 Å². The van der Waals surface area contributed by atoms with E-state index in [1.54, 1.807) is 10.7 Å². The fraction of sp³-hybridized carbons (Fsp3) is 0.350. The van der Waals surface area contributed by atoms with Crippen LogP contribution in [0.15, 0.2) is 43.1 Å². The number of pyridine rings is 1. The average Bonchev–Trinajstić information content (AvgIpc) is 3.35. The van der Waals surface area contributed by atoms with E-state index in [1.165, 1.54) is 6.33 Å². The number of likely N-dealkylation sites (tertiary alicyclic amines) is 1. The number of piperidine rings is 1. The lowest BCUT2D eigenvalue weighted by Crippen LogP contribution is -2.42. The van der Waals surface area contributed by atoms with Crippen LogP contribution >= 0.6 is 0 Å². The molecule has 0 spiro atoms. The Balaban J connectivity index is 1.47. The molecule has 8 heteroatoms. The van der Waals surface area contributed by atoms with E-state index in [9.17, 15) is 4.79 Å². The van der Waals surface area contributed by atoms with Crippen molar-refractivity contribution in [2.24, 2.45) is 5.92 Å². The quantitative estimate of drug-likeness (QED) is 0.537. The fourth-order valence-electron chi connectivity index (χ4n) is 4.09. The summed E-state index contributed by atoms with van der Waals surface area (Å²) in [5.74, 6) is 1.28. The first kappa shape index (κ1) is 16.9. The van der Waals surface area contributed by atoms with Crippen LogP contribution in [0.4, 0.5) is 0 Å². The van der Waals surface area contributed by atoms with Gasteiger partial charge in [0, 0.05) is 43.3 Å². The molecular formula is C20H21N7O. The van der Waals surface area contributed by atoms with Gasteiger partial charge in [0.15, 0.2) is 0 Å². The largest absolute Gasteiger partial charge is 0.338 e. The summed E-state index contributed by atoms with van der Waals surface area (Å²) in [7, 11) is 0. The highest BCUT2D eigenvalue weighted by Crippen LogP contribution is 2.33. The van der Waals surface area contributed by atoms with Gasteiger partial charge in [0.2, 0.25) is 0 Å². The second-order valence-electron chi connectivity index (χ2n) is 7.53. The summed E-state index contributed by atoms with van der Waals surface area (Å²) in [5, 5.41) is 4.36. The van der Waals surface area contributed by atoms with Crippen molar-refractivity contribution in [3.63, 3.8) is 0 Å². The van der Waals surface area contributed by atoms with Crippen LogP contribution in [0.3, 0.4) is 0 Å². The maximum atomic E-state index is 13.2. The smallest absolute Gasteiger partial charge is 0.255 e. The molecule has 0 unspecified atom stereocenters. The molecule has 4 aromatic rings. The topological polar surface area (TPSA) is 80.7 Å². The molecule has 0 aromatic carbocycles. The van der Waals surface area contributed by atoms with Crippen molar-refractivity contribution >= 4 is 17.3 Å². The molecule has 8 nitrogen and oxygen atoms in total. The van der Waals surface area contributed by atoms with Crippen LogP contribution in [0.1, 0.15) is 41.0 Å². The van der Waals surface area contributed by atoms with Crippen LogP contribution in [0.2, 0.25) is 0 Å². The summed E-state index contributed by atoms with van der Waals surface area (Å²) in [5.41, 5.74) is 3.49. The van der Waals surface area contributed by atoms with E-state index < -0.39 is 0 Å². The summed E-state index contributed by atoms with van der Waals surface area (Å²) in [6.07, 6.45) is 7.92. The second kappa shape index (κ2) is 6.40. The van der Waals surface area contributed by atoms with Crippen LogP contribution < -0.4 is 0 Å². The molecule has 0 saturated carbocycles. The monoisotopic (exact) mass is 375 g/mol. The Bertz CT molecular complexity index is 1180. The number of carbonyl (C=O) groups is 1. The first-order valence-corrected chi connectivity index (χ1v) is 9.49. The second-order valence-corrected chi connectivity index (χ2v) is 7.53. The van der Waals surface area contributed by atoms with Gasteiger partial charge in [-0.3, -0.25) is 4.79 Å². The molecule has 1 amide bonds. The molecule has 142 valence electrons. The van der Waals surface area contributed by atoms with Gasteiger partial charge < -0.3 is 9.30 Å². The maximum Gasteiger partial charge on any atom is 0.255 e. The predicted octanol–water partition coefficient (Wildman–Crippen LogP) is 2.35. The van der Waals surface area contributed by atoms with E-state index in [0.29, 0.717) is 23.8 Å². The molecule has 4 aromatic heterocycles. The van der Waals surface area contributed by atoms with Gasteiger partial charge in [-0.25, -0.2) is 14.5 Å². The van der Waals surface area contributed by atoms with Crippen molar-refractivity contribution in [1.29, 1.82) is 0 Å². The third-order valence-corrected chi connectivity index (χ3v) is 5.67. The minimum atomic E-state index is 0.0492. The Morgan fingerprint density at radius 2 is 2.14 bits per heavy atom. The van der Waals surface area contributed by atoms with Gasteiger partial charge in [0.1, 0.15) is 12.0 Å². The van der Waals surface area contributed by atoms with Crippen molar-refractivity contribution in [3.8, 4) is 0 Å². The molecule has 0 radical (unpaired) electrons. The lowest BCUT2D eigenvalue weighted by molar-refractivity contribution is 0.0665. The Kier molecular flexibility index (Phi) is 3.85. The van der Waals surface area contributed by atoms with E-state index in [-0.39, 0.29) is 11.8 Å². The Morgan fingerprint density at radius 3 is 3.04 bits per heavy atom.